The summed E-state index contributed by atoms with van der Waals surface area (Å²) in [7, 11) is 0. The van der Waals surface area contributed by atoms with Crippen molar-refractivity contribution in [3.8, 4) is 0 Å². The summed E-state index contributed by atoms with van der Waals surface area (Å²) in [6, 6.07) is -1.35. The number of barbiturate groups is 1. The maximum absolute atomic E-state index is 10.4. The number of ketones is 1. The van der Waals surface area contributed by atoms with E-state index in [1.807, 2.05) is 0 Å². The zero-order valence-electron chi connectivity index (χ0n) is 5.04. The second kappa shape index (κ2) is 2.22. The number of quaternary nitrogens is 1. The molecule has 1 unspecified atom stereocenters. The normalized spacial score (nSPS) is 25.4. The number of imide groups is 2. The maximum Gasteiger partial charge on any atom is 0.429 e. The van der Waals surface area contributed by atoms with Gasteiger partial charge in [0.15, 0.2) is 0 Å². The topological polar surface area (TPSA) is 108 Å². The molecule has 0 spiro atoms. The van der Waals surface area contributed by atoms with Gasteiger partial charge in [-0.25, -0.2) is 20.0 Å². The number of Topliss-reactive ketones (excluding diaryl/α,β-unsaturated/α-hetero) is 1. The Labute approximate surface area is 59.5 Å². The Bertz CT molecular complexity index is 270. The van der Waals surface area contributed by atoms with Gasteiger partial charge in [-0.15, -0.1) is 0 Å². The molecule has 4 amide bonds. The Morgan fingerprint density at radius 1 is 1.18 bits per heavy atom. The largest absolute Gasteiger partial charge is 0.617 e. The molecule has 1 aliphatic heterocycles. The number of carbonyl (C=O) groups is 4. The molecule has 0 radical (unpaired) electrons. The van der Waals surface area contributed by atoms with Crippen molar-refractivity contribution in [1.29, 1.82) is 0 Å². The van der Waals surface area contributed by atoms with Gasteiger partial charge in [0.2, 0.25) is 0 Å². The molecular formula is C4H2N2O5. The summed E-state index contributed by atoms with van der Waals surface area (Å²) < 4.78 is 0. The highest BCUT2D eigenvalue weighted by atomic mass is 16.5. The lowest BCUT2D eigenvalue weighted by Crippen LogP contribution is -3.17. The van der Waals surface area contributed by atoms with E-state index in [1.54, 1.807) is 0 Å². The number of carbonyl (C=O) groups excluding carboxylic acids is 4. The zero-order valence-corrected chi connectivity index (χ0v) is 5.04. The van der Waals surface area contributed by atoms with Gasteiger partial charge in [-0.3, -0.25) is 9.59 Å². The first-order valence-electron chi connectivity index (χ1n) is 2.52. The molecule has 0 aromatic rings. The lowest BCUT2D eigenvalue weighted by Gasteiger charge is -2.18. The van der Waals surface area contributed by atoms with E-state index in [2.05, 4.69) is 0 Å². The predicted octanol–water partition coefficient (Wildman–Crippen LogP) is -3.29. The fourth-order valence-electron chi connectivity index (χ4n) is 0.526. The maximum atomic E-state index is 10.4. The van der Waals surface area contributed by atoms with Crippen LogP contribution in [0.4, 0.5) is 4.79 Å². The van der Waals surface area contributed by atoms with E-state index in [-0.39, 0.29) is 0 Å². The van der Waals surface area contributed by atoms with Gasteiger partial charge in [-0.1, -0.05) is 0 Å². The third-order valence-corrected chi connectivity index (χ3v) is 1.05. The molecule has 0 aromatic carbocycles. The van der Waals surface area contributed by atoms with Gasteiger partial charge in [0.05, 0.1) is 0 Å². The van der Waals surface area contributed by atoms with Crippen LogP contribution < -0.4 is 10.4 Å². The summed E-state index contributed by atoms with van der Waals surface area (Å²) in [4.78, 5) is 41.3. The fraction of sp³-hybridized carbons (Fsp3) is 0. The molecule has 0 saturated carbocycles. The van der Waals surface area contributed by atoms with Crippen LogP contribution >= 0.6 is 0 Å². The molecule has 1 saturated heterocycles. The molecule has 1 rings (SSSR count). The molecule has 2 N–H and O–H groups in total. The van der Waals surface area contributed by atoms with Crippen molar-refractivity contribution in [2.45, 2.75) is 0 Å². The van der Waals surface area contributed by atoms with E-state index >= 15 is 0 Å². The van der Waals surface area contributed by atoms with Crippen LogP contribution in [0.25, 0.3) is 0 Å². The first-order chi connectivity index (χ1) is 5.04. The highest BCUT2D eigenvalue weighted by molar-refractivity contribution is 6.63. The summed E-state index contributed by atoms with van der Waals surface area (Å²) in [5.74, 6) is -4.41. The highest BCUT2D eigenvalue weighted by Crippen LogP contribution is 1.77. The molecule has 0 aromatic heterocycles. The molecule has 0 bridgehead atoms. The Kier molecular flexibility index (Phi) is 1.51. The molecule has 1 fully saturated rings. The van der Waals surface area contributed by atoms with E-state index in [0.717, 1.165) is 0 Å². The summed E-state index contributed by atoms with van der Waals surface area (Å²) in [5.41, 5.74) is 0. The summed E-state index contributed by atoms with van der Waals surface area (Å²) in [6.45, 7) is 0. The van der Waals surface area contributed by atoms with Crippen LogP contribution in [0, 0.1) is 5.21 Å². The summed E-state index contributed by atoms with van der Waals surface area (Å²) >= 11 is 0. The monoisotopic (exact) mass is 158 g/mol. The summed E-state index contributed by atoms with van der Waals surface area (Å²) in [5, 5.41) is 10.3. The number of urea groups is 1. The average Bonchev–Trinajstić information content (AvgIpc) is 1.97. The zero-order chi connectivity index (χ0) is 8.59. The van der Waals surface area contributed by atoms with E-state index in [1.165, 1.54) is 5.32 Å². The van der Waals surface area contributed by atoms with Crippen LogP contribution in [-0.2, 0) is 14.4 Å². The van der Waals surface area contributed by atoms with Crippen LogP contribution in [-0.4, -0.2) is 23.6 Å². The van der Waals surface area contributed by atoms with Gasteiger partial charge in [-0.05, 0) is 0 Å². The lowest BCUT2D eigenvalue weighted by molar-refractivity contribution is -0.668. The van der Waals surface area contributed by atoms with Gasteiger partial charge in [0, 0.05) is 0 Å². The van der Waals surface area contributed by atoms with Crippen LogP contribution in [0.3, 0.4) is 0 Å². The molecule has 1 aliphatic rings. The molecule has 11 heavy (non-hydrogen) atoms. The second-order valence-electron chi connectivity index (χ2n) is 1.77. The lowest BCUT2D eigenvalue weighted by atomic mass is 10.3. The van der Waals surface area contributed by atoms with Crippen LogP contribution in [0.5, 0.6) is 0 Å². The Balaban J connectivity index is 2.96. The van der Waals surface area contributed by atoms with Crippen molar-refractivity contribution in [2.75, 3.05) is 0 Å². The van der Waals surface area contributed by atoms with Gasteiger partial charge < -0.3 is 5.21 Å². The van der Waals surface area contributed by atoms with Gasteiger partial charge >= 0.3 is 23.6 Å². The van der Waals surface area contributed by atoms with E-state index in [9.17, 15) is 24.4 Å². The number of hydrogen-bond donors (Lipinski definition) is 2. The summed E-state index contributed by atoms with van der Waals surface area (Å²) in [6.07, 6.45) is 0. The van der Waals surface area contributed by atoms with E-state index in [0.29, 0.717) is 0 Å². The third kappa shape index (κ3) is 1.02. The molecule has 1 atom stereocenters. The van der Waals surface area contributed by atoms with Crippen molar-refractivity contribution in [1.82, 2.24) is 5.32 Å². The van der Waals surface area contributed by atoms with Crippen molar-refractivity contribution < 1.29 is 24.2 Å². The van der Waals surface area contributed by atoms with Crippen molar-refractivity contribution in [2.24, 2.45) is 0 Å². The number of hydroxylamine groups is 2. The smallest absolute Gasteiger partial charge is 0.429 e. The average molecular weight is 158 g/mol. The highest BCUT2D eigenvalue weighted by Gasteiger charge is 2.40. The Hall–Kier alpha value is -1.60. The van der Waals surface area contributed by atoms with Crippen LogP contribution in [0.2, 0.25) is 0 Å². The molecule has 7 nitrogen and oxygen atoms in total. The van der Waals surface area contributed by atoms with Crippen molar-refractivity contribution in [3.05, 3.63) is 5.21 Å². The molecule has 58 valence electrons. The van der Waals surface area contributed by atoms with E-state index in [4.69, 9.17) is 0 Å². The number of hydrogen-bond acceptors (Lipinski definition) is 5. The minimum absolute atomic E-state index is 1.35. The number of nitrogens with one attached hydrogen (secondary N) is 2. The SMILES string of the molecule is O=C1NC(=O)[NH+]([O-])C(=O)C1=O. The minimum Gasteiger partial charge on any atom is -0.617 e. The standard InChI is InChI=1S/C4H2N2O5/c7-1-2(8)5-4(10)6(11)3(1)9/h6H,(H,5,8,10). The second-order valence-corrected chi connectivity index (χ2v) is 1.77. The van der Waals surface area contributed by atoms with Gasteiger partial charge in [0.25, 0.3) is 0 Å². The first-order valence-corrected chi connectivity index (χ1v) is 2.52. The molecular weight excluding hydrogens is 156 g/mol. The Morgan fingerprint density at radius 3 is 2.27 bits per heavy atom. The van der Waals surface area contributed by atoms with Gasteiger partial charge in [-0.2, -0.15) is 0 Å². The Morgan fingerprint density at radius 2 is 1.73 bits per heavy atom. The number of amides is 4. The quantitative estimate of drug-likeness (QED) is 0.284. The minimum atomic E-state index is -1.57. The van der Waals surface area contributed by atoms with Crippen LogP contribution in [0.1, 0.15) is 0 Å². The molecule has 0 aliphatic carbocycles. The fourth-order valence-corrected chi connectivity index (χ4v) is 0.526. The van der Waals surface area contributed by atoms with Crippen molar-refractivity contribution in [3.63, 3.8) is 0 Å². The van der Waals surface area contributed by atoms with E-state index < -0.39 is 28.7 Å². The van der Waals surface area contributed by atoms with Gasteiger partial charge in [0.1, 0.15) is 0 Å². The molecule has 1 heterocycles. The first kappa shape index (κ1) is 7.51. The molecule has 7 heteroatoms. The third-order valence-electron chi connectivity index (χ3n) is 1.05. The predicted molar refractivity (Wildman–Crippen MR) is 27.9 cm³/mol. The number of rotatable bonds is 0. The van der Waals surface area contributed by atoms with Crippen molar-refractivity contribution >= 4 is 23.6 Å². The van der Waals surface area contributed by atoms with Crippen LogP contribution in [0.15, 0.2) is 0 Å².